The largest absolute Gasteiger partial charge is 0.275 e. The topological polar surface area (TPSA) is 13.1 Å². The summed E-state index contributed by atoms with van der Waals surface area (Å²) in [6, 6.07) is 3.60. The van der Waals surface area contributed by atoms with Gasteiger partial charge in [-0.25, -0.2) is 0 Å². The molecule has 0 bridgehead atoms. The standard InChI is InChI=1S/C6H7ClNO/c1-9-8-4-2-3-6(7)5-8/h2-5H,1H3/q+1. The van der Waals surface area contributed by atoms with Gasteiger partial charge in [0.05, 0.1) is 0 Å². The summed E-state index contributed by atoms with van der Waals surface area (Å²) in [4.78, 5) is 4.83. The van der Waals surface area contributed by atoms with Crippen LogP contribution in [0.4, 0.5) is 0 Å². The molecule has 0 aliphatic rings. The molecule has 1 aromatic rings. The van der Waals surface area contributed by atoms with E-state index in [2.05, 4.69) is 0 Å². The molecule has 0 saturated carbocycles. The number of hydrogen-bond acceptors (Lipinski definition) is 1. The lowest BCUT2D eigenvalue weighted by molar-refractivity contribution is -0.885. The number of hydrogen-bond donors (Lipinski definition) is 0. The Morgan fingerprint density at radius 1 is 1.67 bits per heavy atom. The molecule has 3 heteroatoms. The van der Waals surface area contributed by atoms with Gasteiger partial charge in [-0.15, -0.1) is 0 Å². The minimum atomic E-state index is 0.666. The van der Waals surface area contributed by atoms with Crippen LogP contribution in [0, 0.1) is 0 Å². The van der Waals surface area contributed by atoms with Gasteiger partial charge in [-0.05, 0) is 6.07 Å². The summed E-state index contributed by atoms with van der Waals surface area (Å²) in [5, 5.41) is 0.666. The van der Waals surface area contributed by atoms with E-state index in [9.17, 15) is 0 Å². The molecule has 1 aromatic heterocycles. The lowest BCUT2D eigenvalue weighted by Gasteiger charge is -1.87. The highest BCUT2D eigenvalue weighted by molar-refractivity contribution is 6.30. The highest BCUT2D eigenvalue weighted by Gasteiger charge is 1.96. The molecule has 0 N–H and O–H groups in total. The first-order valence-corrected chi connectivity index (χ1v) is 2.92. The van der Waals surface area contributed by atoms with Gasteiger partial charge in [-0.1, -0.05) is 11.6 Å². The monoisotopic (exact) mass is 144 g/mol. The normalized spacial score (nSPS) is 9.11. The molecule has 0 unspecified atom stereocenters. The summed E-state index contributed by atoms with van der Waals surface area (Å²) in [7, 11) is 1.58. The van der Waals surface area contributed by atoms with Crippen LogP contribution < -0.4 is 9.57 Å². The number of pyridine rings is 1. The molecular weight excluding hydrogens is 138 g/mol. The average molecular weight is 145 g/mol. The van der Waals surface area contributed by atoms with E-state index < -0.39 is 0 Å². The van der Waals surface area contributed by atoms with Gasteiger partial charge in [0.1, 0.15) is 12.1 Å². The van der Waals surface area contributed by atoms with Gasteiger partial charge in [0.25, 0.3) is 0 Å². The van der Waals surface area contributed by atoms with Crippen LogP contribution in [0.1, 0.15) is 0 Å². The highest BCUT2D eigenvalue weighted by Crippen LogP contribution is 2.00. The number of halogens is 1. The Morgan fingerprint density at radius 3 is 2.89 bits per heavy atom. The Kier molecular flexibility index (Phi) is 1.90. The van der Waals surface area contributed by atoms with Gasteiger partial charge >= 0.3 is 0 Å². The Labute approximate surface area is 58.6 Å². The predicted octanol–water partition coefficient (Wildman–Crippen LogP) is 0.686. The molecule has 0 saturated heterocycles. The minimum Gasteiger partial charge on any atom is -0.275 e. The molecule has 0 aromatic carbocycles. The van der Waals surface area contributed by atoms with Crippen molar-refractivity contribution in [2.45, 2.75) is 0 Å². The van der Waals surface area contributed by atoms with Gasteiger partial charge in [-0.2, -0.15) is 0 Å². The van der Waals surface area contributed by atoms with Crippen molar-refractivity contribution < 1.29 is 9.57 Å². The first-order chi connectivity index (χ1) is 4.33. The van der Waals surface area contributed by atoms with Crippen molar-refractivity contribution in [3.8, 4) is 0 Å². The van der Waals surface area contributed by atoms with Crippen molar-refractivity contribution >= 4 is 11.6 Å². The third-order valence-electron chi connectivity index (χ3n) is 0.950. The molecule has 0 fully saturated rings. The molecular formula is C6H7ClNO+. The van der Waals surface area contributed by atoms with E-state index in [1.54, 1.807) is 25.6 Å². The molecule has 48 valence electrons. The summed E-state index contributed by atoms with van der Waals surface area (Å²) in [5.74, 6) is 0. The van der Waals surface area contributed by atoms with E-state index in [1.165, 1.54) is 4.73 Å². The van der Waals surface area contributed by atoms with Crippen molar-refractivity contribution in [3.05, 3.63) is 29.5 Å². The van der Waals surface area contributed by atoms with Crippen molar-refractivity contribution in [1.82, 2.24) is 0 Å². The second kappa shape index (κ2) is 2.69. The van der Waals surface area contributed by atoms with E-state index in [1.807, 2.05) is 6.07 Å². The van der Waals surface area contributed by atoms with E-state index in [0.29, 0.717) is 5.02 Å². The summed E-state index contributed by atoms with van der Waals surface area (Å²) >= 11 is 5.62. The first-order valence-electron chi connectivity index (χ1n) is 2.54. The average Bonchev–Trinajstić information content (AvgIpc) is 1.88. The molecule has 0 amide bonds. The molecule has 9 heavy (non-hydrogen) atoms. The van der Waals surface area contributed by atoms with E-state index in [4.69, 9.17) is 16.4 Å². The van der Waals surface area contributed by atoms with Crippen molar-refractivity contribution in [2.24, 2.45) is 0 Å². The molecule has 0 aliphatic heterocycles. The van der Waals surface area contributed by atoms with E-state index in [-0.39, 0.29) is 0 Å². The van der Waals surface area contributed by atoms with Gasteiger partial charge in [0, 0.05) is 10.8 Å². The molecule has 0 atom stereocenters. The minimum absolute atomic E-state index is 0.666. The van der Waals surface area contributed by atoms with Crippen LogP contribution in [0.3, 0.4) is 0 Å². The van der Waals surface area contributed by atoms with Crippen LogP contribution in [0.25, 0.3) is 0 Å². The Bertz CT molecular complexity index is 202. The van der Waals surface area contributed by atoms with E-state index in [0.717, 1.165) is 0 Å². The zero-order chi connectivity index (χ0) is 6.69. The van der Waals surface area contributed by atoms with Crippen LogP contribution in [-0.4, -0.2) is 7.11 Å². The third-order valence-corrected chi connectivity index (χ3v) is 1.17. The smallest absolute Gasteiger partial charge is 0.240 e. The summed E-state index contributed by atoms with van der Waals surface area (Å²) in [6.07, 6.45) is 3.45. The zero-order valence-corrected chi connectivity index (χ0v) is 5.80. The van der Waals surface area contributed by atoms with Crippen molar-refractivity contribution in [2.75, 3.05) is 7.11 Å². The van der Waals surface area contributed by atoms with Crippen molar-refractivity contribution in [3.63, 3.8) is 0 Å². The molecule has 0 aliphatic carbocycles. The lowest BCUT2D eigenvalue weighted by Crippen LogP contribution is -2.39. The number of nitrogens with zero attached hydrogens (tertiary/aromatic N) is 1. The Morgan fingerprint density at radius 2 is 2.44 bits per heavy atom. The Balaban J connectivity index is 2.94. The van der Waals surface area contributed by atoms with Gasteiger partial charge in [0.2, 0.25) is 12.4 Å². The fourth-order valence-electron chi connectivity index (χ4n) is 0.541. The van der Waals surface area contributed by atoms with Crippen LogP contribution >= 0.6 is 11.6 Å². The van der Waals surface area contributed by atoms with E-state index >= 15 is 0 Å². The van der Waals surface area contributed by atoms with Crippen molar-refractivity contribution in [1.29, 1.82) is 0 Å². The van der Waals surface area contributed by atoms with Gasteiger partial charge < -0.3 is 0 Å². The predicted molar refractivity (Wildman–Crippen MR) is 34.2 cm³/mol. The molecule has 0 spiro atoms. The van der Waals surface area contributed by atoms with Crippen LogP contribution in [0.2, 0.25) is 5.02 Å². The third kappa shape index (κ3) is 1.57. The lowest BCUT2D eigenvalue weighted by atomic mass is 10.5. The number of aromatic nitrogens is 1. The quantitative estimate of drug-likeness (QED) is 0.529. The van der Waals surface area contributed by atoms with Gasteiger partial charge in [0.15, 0.2) is 0 Å². The molecule has 1 heterocycles. The SMILES string of the molecule is CO[n+]1cccc(Cl)c1. The number of rotatable bonds is 1. The molecule has 0 radical (unpaired) electrons. The van der Waals surface area contributed by atoms with Crippen LogP contribution in [-0.2, 0) is 0 Å². The van der Waals surface area contributed by atoms with Crippen LogP contribution in [0.5, 0.6) is 0 Å². The molecule has 1 rings (SSSR count). The maximum atomic E-state index is 5.62. The fraction of sp³-hybridized carbons (Fsp3) is 0.167. The summed E-state index contributed by atoms with van der Waals surface area (Å²) in [6.45, 7) is 0. The summed E-state index contributed by atoms with van der Waals surface area (Å²) < 4.78 is 1.53. The highest BCUT2D eigenvalue weighted by atomic mass is 35.5. The maximum Gasteiger partial charge on any atom is 0.240 e. The first kappa shape index (κ1) is 6.36. The molecule has 2 nitrogen and oxygen atoms in total. The second-order valence-corrected chi connectivity index (χ2v) is 2.00. The summed E-state index contributed by atoms with van der Waals surface area (Å²) in [5.41, 5.74) is 0. The fourth-order valence-corrected chi connectivity index (χ4v) is 0.710. The maximum absolute atomic E-state index is 5.62. The zero-order valence-electron chi connectivity index (χ0n) is 5.04. The van der Waals surface area contributed by atoms with Crippen LogP contribution in [0.15, 0.2) is 24.5 Å². The van der Waals surface area contributed by atoms with Gasteiger partial charge in [-0.3, -0.25) is 4.84 Å². The Hall–Kier alpha value is -0.760. The second-order valence-electron chi connectivity index (χ2n) is 1.56.